The van der Waals surface area contributed by atoms with Gasteiger partial charge in [-0.2, -0.15) is 0 Å². The summed E-state index contributed by atoms with van der Waals surface area (Å²) < 4.78 is 5.73. The highest BCUT2D eigenvalue weighted by Gasteiger charge is 2.17. The third kappa shape index (κ3) is 6.52. The molecule has 21 heavy (non-hydrogen) atoms. The molecule has 0 radical (unpaired) electrons. The van der Waals surface area contributed by atoms with Gasteiger partial charge in [-0.15, -0.1) is 0 Å². The molecule has 2 rings (SSSR count). The number of ether oxygens (including phenoxy) is 1. The lowest BCUT2D eigenvalue weighted by Gasteiger charge is -2.17. The Morgan fingerprint density at radius 1 is 1.10 bits per heavy atom. The molecule has 1 aliphatic rings. The molecule has 0 spiro atoms. The smallest absolute Gasteiger partial charge is 0.119 e. The second-order valence-corrected chi connectivity index (χ2v) is 6.33. The molecule has 2 heteroatoms. The molecule has 2 atom stereocenters. The quantitative estimate of drug-likeness (QED) is 0.548. The third-order valence-corrected chi connectivity index (χ3v) is 4.55. The van der Waals surface area contributed by atoms with Crippen LogP contribution in [0.4, 0.5) is 0 Å². The van der Waals surface area contributed by atoms with Crippen molar-refractivity contribution in [3.8, 4) is 5.75 Å². The van der Waals surface area contributed by atoms with Crippen LogP contribution in [0.2, 0.25) is 0 Å². The van der Waals surface area contributed by atoms with E-state index in [4.69, 9.17) is 4.74 Å². The molecule has 0 bridgehead atoms. The molecule has 1 aliphatic carbocycles. The van der Waals surface area contributed by atoms with Gasteiger partial charge in [0.05, 0.1) is 6.61 Å². The minimum atomic E-state index is 0.739. The van der Waals surface area contributed by atoms with Gasteiger partial charge in [0.2, 0.25) is 0 Å². The van der Waals surface area contributed by atoms with Gasteiger partial charge in [0, 0.05) is 6.04 Å². The zero-order valence-electron chi connectivity index (χ0n) is 13.5. The van der Waals surface area contributed by atoms with Crippen LogP contribution in [0.25, 0.3) is 0 Å². The number of rotatable bonds is 8. The summed E-state index contributed by atoms with van der Waals surface area (Å²) in [5.41, 5.74) is 0. The highest BCUT2D eigenvalue weighted by atomic mass is 16.5. The van der Waals surface area contributed by atoms with E-state index in [9.17, 15) is 0 Å². The van der Waals surface area contributed by atoms with Crippen molar-refractivity contribution in [1.82, 2.24) is 5.32 Å². The van der Waals surface area contributed by atoms with Gasteiger partial charge in [0.25, 0.3) is 0 Å². The number of para-hydroxylation sites is 1. The maximum Gasteiger partial charge on any atom is 0.119 e. The lowest BCUT2D eigenvalue weighted by atomic mass is 9.95. The highest BCUT2D eigenvalue weighted by molar-refractivity contribution is 5.20. The van der Waals surface area contributed by atoms with Crippen LogP contribution in [-0.4, -0.2) is 19.2 Å². The molecule has 0 aromatic heterocycles. The van der Waals surface area contributed by atoms with Gasteiger partial charge < -0.3 is 10.1 Å². The van der Waals surface area contributed by atoms with E-state index in [-0.39, 0.29) is 0 Å². The Hall–Kier alpha value is -1.02. The first-order valence-corrected chi connectivity index (χ1v) is 8.79. The van der Waals surface area contributed by atoms with Crippen LogP contribution < -0.4 is 10.1 Å². The van der Waals surface area contributed by atoms with Crippen molar-refractivity contribution in [2.24, 2.45) is 5.92 Å². The van der Waals surface area contributed by atoms with Crippen LogP contribution in [0.5, 0.6) is 5.75 Å². The van der Waals surface area contributed by atoms with Crippen molar-refractivity contribution >= 4 is 0 Å². The standard InChI is InChI=1S/C19H31NO/c1-2-8-17-9-6-10-18(14-13-17)20-15-7-16-21-19-11-4-3-5-12-19/h3-5,11-12,17-18,20H,2,6-10,13-16H2,1H3. The summed E-state index contributed by atoms with van der Waals surface area (Å²) in [4.78, 5) is 0. The fourth-order valence-electron chi connectivity index (χ4n) is 3.36. The van der Waals surface area contributed by atoms with Crippen LogP contribution in [0.3, 0.4) is 0 Å². The van der Waals surface area contributed by atoms with E-state index in [1.807, 2.05) is 30.3 Å². The summed E-state index contributed by atoms with van der Waals surface area (Å²) in [6.07, 6.45) is 10.9. The Morgan fingerprint density at radius 3 is 2.76 bits per heavy atom. The van der Waals surface area contributed by atoms with Crippen molar-refractivity contribution in [2.75, 3.05) is 13.2 Å². The first kappa shape index (κ1) is 16.4. The van der Waals surface area contributed by atoms with Gasteiger partial charge in [-0.25, -0.2) is 0 Å². The SMILES string of the molecule is CCCC1CCCC(NCCCOc2ccccc2)CC1. The first-order valence-electron chi connectivity index (χ1n) is 8.79. The van der Waals surface area contributed by atoms with Crippen molar-refractivity contribution in [3.05, 3.63) is 30.3 Å². The summed E-state index contributed by atoms with van der Waals surface area (Å²) in [6.45, 7) is 4.20. The minimum absolute atomic E-state index is 0.739. The van der Waals surface area contributed by atoms with Gasteiger partial charge >= 0.3 is 0 Å². The fraction of sp³-hybridized carbons (Fsp3) is 0.684. The van der Waals surface area contributed by atoms with Gasteiger partial charge in [-0.3, -0.25) is 0 Å². The molecule has 2 unspecified atom stereocenters. The minimum Gasteiger partial charge on any atom is -0.494 e. The van der Waals surface area contributed by atoms with E-state index in [0.29, 0.717) is 0 Å². The van der Waals surface area contributed by atoms with E-state index in [2.05, 4.69) is 12.2 Å². The lowest BCUT2D eigenvalue weighted by molar-refractivity contribution is 0.302. The van der Waals surface area contributed by atoms with Gasteiger partial charge in [-0.1, -0.05) is 50.8 Å². The van der Waals surface area contributed by atoms with Gasteiger partial charge in [-0.05, 0) is 50.3 Å². The third-order valence-electron chi connectivity index (χ3n) is 4.55. The Morgan fingerprint density at radius 2 is 1.95 bits per heavy atom. The maximum absolute atomic E-state index is 5.73. The molecule has 0 amide bonds. The second-order valence-electron chi connectivity index (χ2n) is 6.33. The Labute approximate surface area is 130 Å². The van der Waals surface area contributed by atoms with Crippen LogP contribution in [0.15, 0.2) is 30.3 Å². The summed E-state index contributed by atoms with van der Waals surface area (Å²) in [7, 11) is 0. The number of nitrogens with one attached hydrogen (secondary N) is 1. The first-order chi connectivity index (χ1) is 10.4. The van der Waals surface area contributed by atoms with E-state index >= 15 is 0 Å². The van der Waals surface area contributed by atoms with Crippen molar-refractivity contribution < 1.29 is 4.74 Å². The summed E-state index contributed by atoms with van der Waals surface area (Å²) in [5, 5.41) is 3.73. The van der Waals surface area contributed by atoms with Crippen LogP contribution in [0, 0.1) is 5.92 Å². The molecule has 1 aromatic carbocycles. The molecule has 0 heterocycles. The Kier molecular flexibility index (Phi) is 7.66. The van der Waals surface area contributed by atoms with Crippen LogP contribution in [-0.2, 0) is 0 Å². The molecule has 1 N–H and O–H groups in total. The second kappa shape index (κ2) is 9.83. The van der Waals surface area contributed by atoms with E-state index in [1.165, 1.54) is 44.9 Å². The largest absolute Gasteiger partial charge is 0.494 e. The summed E-state index contributed by atoms with van der Waals surface area (Å²) in [6, 6.07) is 10.8. The molecular formula is C19H31NO. The van der Waals surface area contributed by atoms with Crippen molar-refractivity contribution in [1.29, 1.82) is 0 Å². The van der Waals surface area contributed by atoms with Crippen molar-refractivity contribution in [3.63, 3.8) is 0 Å². The predicted octanol–water partition coefficient (Wildman–Crippen LogP) is 4.79. The average molecular weight is 289 g/mol. The lowest BCUT2D eigenvalue weighted by Crippen LogP contribution is -2.30. The molecule has 0 aliphatic heterocycles. The number of benzene rings is 1. The average Bonchev–Trinajstić information content (AvgIpc) is 2.74. The summed E-state index contributed by atoms with van der Waals surface area (Å²) in [5.74, 6) is 1.97. The fourth-order valence-corrected chi connectivity index (χ4v) is 3.36. The van der Waals surface area contributed by atoms with Crippen molar-refractivity contribution in [2.45, 2.75) is 64.3 Å². The van der Waals surface area contributed by atoms with E-state index in [1.54, 1.807) is 0 Å². The zero-order chi connectivity index (χ0) is 14.8. The Balaban J connectivity index is 1.54. The summed E-state index contributed by atoms with van der Waals surface area (Å²) >= 11 is 0. The Bertz CT molecular complexity index is 365. The molecular weight excluding hydrogens is 258 g/mol. The molecule has 2 nitrogen and oxygen atoms in total. The zero-order valence-corrected chi connectivity index (χ0v) is 13.5. The number of hydrogen-bond donors (Lipinski definition) is 1. The highest BCUT2D eigenvalue weighted by Crippen LogP contribution is 2.26. The van der Waals surface area contributed by atoms with Crippen LogP contribution >= 0.6 is 0 Å². The maximum atomic E-state index is 5.73. The molecule has 1 saturated carbocycles. The van der Waals surface area contributed by atoms with Gasteiger partial charge in [0.15, 0.2) is 0 Å². The molecule has 0 saturated heterocycles. The van der Waals surface area contributed by atoms with Crippen LogP contribution in [0.1, 0.15) is 58.3 Å². The van der Waals surface area contributed by atoms with E-state index in [0.717, 1.165) is 37.3 Å². The monoisotopic (exact) mass is 289 g/mol. The predicted molar refractivity (Wildman–Crippen MR) is 89.8 cm³/mol. The normalized spacial score (nSPS) is 22.7. The van der Waals surface area contributed by atoms with E-state index < -0.39 is 0 Å². The molecule has 1 fully saturated rings. The molecule has 118 valence electrons. The topological polar surface area (TPSA) is 21.3 Å². The number of hydrogen-bond acceptors (Lipinski definition) is 2. The van der Waals surface area contributed by atoms with Gasteiger partial charge in [0.1, 0.15) is 5.75 Å². The molecule has 1 aromatic rings.